The summed E-state index contributed by atoms with van der Waals surface area (Å²) < 4.78 is 5.50. The molecule has 0 aliphatic carbocycles. The molecule has 0 fully saturated rings. The monoisotopic (exact) mass is 189 g/mol. The van der Waals surface area contributed by atoms with Gasteiger partial charge in [-0.3, -0.25) is 0 Å². The van der Waals surface area contributed by atoms with Gasteiger partial charge in [-0.25, -0.2) is 0 Å². The second-order valence-electron chi connectivity index (χ2n) is 3.34. The van der Waals surface area contributed by atoms with Crippen LogP contribution in [-0.4, -0.2) is 6.61 Å². The highest BCUT2D eigenvalue weighted by atomic mass is 16.5. The highest BCUT2D eigenvalue weighted by molar-refractivity contribution is 5.43. The van der Waals surface area contributed by atoms with E-state index in [0.29, 0.717) is 6.61 Å². The number of benzene rings is 1. The van der Waals surface area contributed by atoms with E-state index in [1.54, 1.807) is 0 Å². The Morgan fingerprint density at radius 3 is 3.21 bits per heavy atom. The van der Waals surface area contributed by atoms with Crippen molar-refractivity contribution in [1.82, 2.24) is 0 Å². The molecule has 4 heteroatoms. The van der Waals surface area contributed by atoms with Crippen molar-refractivity contribution < 1.29 is 4.74 Å². The molecule has 0 amide bonds. The van der Waals surface area contributed by atoms with Gasteiger partial charge in [0.15, 0.2) is 0 Å². The Kier molecular flexibility index (Phi) is 2.29. The predicted molar refractivity (Wildman–Crippen MR) is 53.2 cm³/mol. The molecule has 1 heterocycles. The molecule has 1 aromatic rings. The third kappa shape index (κ3) is 1.40. The summed E-state index contributed by atoms with van der Waals surface area (Å²) in [4.78, 5) is 2.87. The first kappa shape index (κ1) is 8.91. The van der Waals surface area contributed by atoms with Gasteiger partial charge in [0.05, 0.1) is 12.6 Å². The van der Waals surface area contributed by atoms with Crippen LogP contribution in [0.2, 0.25) is 0 Å². The highest BCUT2D eigenvalue weighted by Crippen LogP contribution is 2.36. The number of fused-ring (bicyclic) bond motifs is 1. The van der Waals surface area contributed by atoms with Crippen LogP contribution in [0.25, 0.3) is 10.4 Å². The van der Waals surface area contributed by atoms with Gasteiger partial charge in [-0.05, 0) is 30.5 Å². The molecule has 1 aliphatic rings. The third-order valence-electron chi connectivity index (χ3n) is 2.46. The van der Waals surface area contributed by atoms with Gasteiger partial charge in [0.25, 0.3) is 0 Å². The summed E-state index contributed by atoms with van der Waals surface area (Å²) in [5.41, 5.74) is 10.6. The van der Waals surface area contributed by atoms with Gasteiger partial charge in [0.2, 0.25) is 0 Å². The smallest absolute Gasteiger partial charge is 0.123 e. The molecule has 72 valence electrons. The van der Waals surface area contributed by atoms with Crippen molar-refractivity contribution in [3.8, 4) is 5.75 Å². The standard InChI is InChI=1S/C10H11N3O/c1-7-3-2-4-9-10(7)8(12-13-11)5-6-14-9/h2-4,8H,5-6H2,1H3. The fourth-order valence-electron chi connectivity index (χ4n) is 1.81. The zero-order valence-electron chi connectivity index (χ0n) is 7.97. The van der Waals surface area contributed by atoms with Gasteiger partial charge >= 0.3 is 0 Å². The molecule has 1 aliphatic heterocycles. The minimum Gasteiger partial charge on any atom is -0.493 e. The largest absolute Gasteiger partial charge is 0.493 e. The first-order chi connectivity index (χ1) is 6.83. The summed E-state index contributed by atoms with van der Waals surface area (Å²) in [6, 6.07) is 5.81. The molecule has 0 saturated carbocycles. The second-order valence-corrected chi connectivity index (χ2v) is 3.34. The fourth-order valence-corrected chi connectivity index (χ4v) is 1.81. The molecule has 4 nitrogen and oxygen atoms in total. The van der Waals surface area contributed by atoms with E-state index in [-0.39, 0.29) is 6.04 Å². The minimum absolute atomic E-state index is 0.0649. The number of nitrogens with zero attached hydrogens (tertiary/aromatic N) is 3. The number of azide groups is 1. The van der Waals surface area contributed by atoms with Crippen molar-refractivity contribution in [3.63, 3.8) is 0 Å². The first-order valence-corrected chi connectivity index (χ1v) is 4.59. The van der Waals surface area contributed by atoms with Crippen molar-refractivity contribution in [3.05, 3.63) is 39.8 Å². The normalized spacial score (nSPS) is 19.1. The number of hydrogen-bond acceptors (Lipinski definition) is 2. The quantitative estimate of drug-likeness (QED) is 0.380. The predicted octanol–water partition coefficient (Wildman–Crippen LogP) is 3.13. The van der Waals surface area contributed by atoms with Crippen molar-refractivity contribution in [2.45, 2.75) is 19.4 Å². The van der Waals surface area contributed by atoms with Crippen LogP contribution in [0.5, 0.6) is 5.75 Å². The SMILES string of the molecule is Cc1cccc2c1C(N=[N+]=[N-])CCO2. The summed E-state index contributed by atoms with van der Waals surface area (Å²) in [5.74, 6) is 0.855. The van der Waals surface area contributed by atoms with Gasteiger partial charge in [-0.15, -0.1) is 0 Å². The van der Waals surface area contributed by atoms with Crippen molar-refractivity contribution in [1.29, 1.82) is 0 Å². The maximum atomic E-state index is 8.45. The van der Waals surface area contributed by atoms with E-state index >= 15 is 0 Å². The number of ether oxygens (including phenoxy) is 1. The molecular formula is C10H11N3O. The Bertz CT molecular complexity index is 396. The van der Waals surface area contributed by atoms with Crippen LogP contribution < -0.4 is 4.74 Å². The van der Waals surface area contributed by atoms with Crippen LogP contribution in [0.3, 0.4) is 0 Å². The number of aryl methyl sites for hydroxylation is 1. The summed E-state index contributed by atoms with van der Waals surface area (Å²) >= 11 is 0. The zero-order chi connectivity index (χ0) is 9.97. The Morgan fingerprint density at radius 1 is 1.57 bits per heavy atom. The lowest BCUT2D eigenvalue weighted by Crippen LogP contribution is -2.13. The molecule has 14 heavy (non-hydrogen) atoms. The van der Waals surface area contributed by atoms with E-state index in [2.05, 4.69) is 10.0 Å². The number of rotatable bonds is 1. The van der Waals surface area contributed by atoms with Crippen LogP contribution in [0, 0.1) is 6.92 Å². The van der Waals surface area contributed by atoms with Crippen LogP contribution >= 0.6 is 0 Å². The molecule has 0 N–H and O–H groups in total. The van der Waals surface area contributed by atoms with E-state index in [1.165, 1.54) is 0 Å². The van der Waals surface area contributed by atoms with Gasteiger partial charge in [-0.2, -0.15) is 0 Å². The van der Waals surface area contributed by atoms with Crippen LogP contribution in [0.1, 0.15) is 23.6 Å². The van der Waals surface area contributed by atoms with E-state index in [4.69, 9.17) is 10.3 Å². The van der Waals surface area contributed by atoms with Gasteiger partial charge in [0, 0.05) is 10.5 Å². The molecule has 2 rings (SSSR count). The molecular weight excluding hydrogens is 178 g/mol. The molecule has 0 aromatic heterocycles. The maximum absolute atomic E-state index is 8.45. The summed E-state index contributed by atoms with van der Waals surface area (Å²) in [6.07, 6.45) is 0.766. The number of hydrogen-bond donors (Lipinski definition) is 0. The summed E-state index contributed by atoms with van der Waals surface area (Å²) in [6.45, 7) is 2.63. The second kappa shape index (κ2) is 3.60. The van der Waals surface area contributed by atoms with Crippen LogP contribution in [0.15, 0.2) is 23.3 Å². The molecule has 1 aromatic carbocycles. The summed E-state index contributed by atoms with van der Waals surface area (Å²) in [5, 5.41) is 3.79. The van der Waals surface area contributed by atoms with Crippen LogP contribution in [0.4, 0.5) is 0 Å². The van der Waals surface area contributed by atoms with E-state index in [1.807, 2.05) is 25.1 Å². The Morgan fingerprint density at radius 2 is 2.43 bits per heavy atom. The van der Waals surface area contributed by atoms with Crippen molar-refractivity contribution in [2.24, 2.45) is 5.11 Å². The van der Waals surface area contributed by atoms with Gasteiger partial charge in [-0.1, -0.05) is 17.2 Å². The summed E-state index contributed by atoms with van der Waals surface area (Å²) in [7, 11) is 0. The van der Waals surface area contributed by atoms with Crippen LogP contribution in [-0.2, 0) is 0 Å². The topological polar surface area (TPSA) is 58.0 Å². The third-order valence-corrected chi connectivity index (χ3v) is 2.46. The van der Waals surface area contributed by atoms with E-state index < -0.39 is 0 Å². The lowest BCUT2D eigenvalue weighted by Gasteiger charge is -2.24. The molecule has 0 spiro atoms. The zero-order valence-corrected chi connectivity index (χ0v) is 7.97. The fraction of sp³-hybridized carbons (Fsp3) is 0.400. The first-order valence-electron chi connectivity index (χ1n) is 4.59. The van der Waals surface area contributed by atoms with E-state index in [0.717, 1.165) is 23.3 Å². The maximum Gasteiger partial charge on any atom is 0.123 e. The molecule has 1 atom stereocenters. The average molecular weight is 189 g/mol. The Labute approximate surface area is 82.1 Å². The molecule has 1 unspecified atom stereocenters. The Hall–Kier alpha value is -1.67. The van der Waals surface area contributed by atoms with E-state index in [9.17, 15) is 0 Å². The Balaban J connectivity index is 2.51. The lowest BCUT2D eigenvalue weighted by atomic mass is 9.97. The molecule has 0 radical (unpaired) electrons. The highest BCUT2D eigenvalue weighted by Gasteiger charge is 2.21. The lowest BCUT2D eigenvalue weighted by molar-refractivity contribution is 0.268. The molecule has 0 saturated heterocycles. The van der Waals surface area contributed by atoms with Gasteiger partial charge in [0.1, 0.15) is 5.75 Å². The molecule has 0 bridgehead atoms. The van der Waals surface area contributed by atoms with Crippen molar-refractivity contribution in [2.75, 3.05) is 6.61 Å². The minimum atomic E-state index is -0.0649. The van der Waals surface area contributed by atoms with Gasteiger partial charge < -0.3 is 4.74 Å². The van der Waals surface area contributed by atoms with Crippen molar-refractivity contribution >= 4 is 0 Å². The average Bonchev–Trinajstić information content (AvgIpc) is 2.19.